The van der Waals surface area contributed by atoms with Gasteiger partial charge in [0, 0.05) is 11.4 Å². The molecule has 3 rings (SSSR count). The van der Waals surface area contributed by atoms with Crippen molar-refractivity contribution in [2.45, 2.75) is 6.92 Å². The van der Waals surface area contributed by atoms with Crippen LogP contribution in [0.25, 0.3) is 0 Å². The van der Waals surface area contributed by atoms with Crippen molar-refractivity contribution in [3.63, 3.8) is 0 Å². The molecule has 29 heavy (non-hydrogen) atoms. The van der Waals surface area contributed by atoms with E-state index in [1.807, 2.05) is 6.92 Å². The third kappa shape index (κ3) is 5.32. The van der Waals surface area contributed by atoms with Crippen LogP contribution < -0.4 is 15.4 Å². The summed E-state index contributed by atoms with van der Waals surface area (Å²) in [5, 5.41) is 5.96. The van der Waals surface area contributed by atoms with Crippen LogP contribution in [0.15, 0.2) is 66.9 Å². The molecular weight excluding hydrogens is 370 g/mol. The minimum Gasteiger partial charge on any atom is -0.494 e. The first-order chi connectivity index (χ1) is 14.1. The normalized spacial score (nSPS) is 10.1. The highest BCUT2D eigenvalue weighted by atomic mass is 16.5. The number of carbonyl (C=O) groups is 2. The van der Waals surface area contributed by atoms with Gasteiger partial charge in [0.05, 0.1) is 31.2 Å². The van der Waals surface area contributed by atoms with Crippen LogP contribution >= 0.6 is 0 Å². The number of aromatic nitrogens is 1. The van der Waals surface area contributed by atoms with Crippen molar-refractivity contribution >= 4 is 28.9 Å². The minimum atomic E-state index is -0.388. The highest BCUT2D eigenvalue weighted by molar-refractivity contribution is 6.03. The summed E-state index contributed by atoms with van der Waals surface area (Å²) in [6.45, 7) is 2.50. The maximum absolute atomic E-state index is 12.4. The summed E-state index contributed by atoms with van der Waals surface area (Å²) in [5.74, 6) is 0.0583. The number of hydrogen-bond acceptors (Lipinski definition) is 6. The number of esters is 1. The predicted octanol–water partition coefficient (Wildman–Crippen LogP) is 4.26. The van der Waals surface area contributed by atoms with Crippen LogP contribution in [0.4, 0.5) is 17.1 Å². The molecule has 0 aliphatic heterocycles. The summed E-state index contributed by atoms with van der Waals surface area (Å²) in [4.78, 5) is 28.0. The maximum atomic E-state index is 12.4. The van der Waals surface area contributed by atoms with Crippen molar-refractivity contribution < 1.29 is 19.1 Å². The van der Waals surface area contributed by atoms with E-state index < -0.39 is 0 Å². The van der Waals surface area contributed by atoms with Gasteiger partial charge in [-0.05, 0) is 67.6 Å². The Morgan fingerprint density at radius 2 is 1.55 bits per heavy atom. The van der Waals surface area contributed by atoms with Crippen LogP contribution in [0, 0.1) is 0 Å². The van der Waals surface area contributed by atoms with Crippen LogP contribution in [-0.2, 0) is 4.74 Å². The molecule has 2 aromatic carbocycles. The number of methoxy groups -OCH3 is 1. The zero-order valence-corrected chi connectivity index (χ0v) is 16.1. The van der Waals surface area contributed by atoms with E-state index in [-0.39, 0.29) is 11.9 Å². The topological polar surface area (TPSA) is 89.6 Å². The zero-order valence-electron chi connectivity index (χ0n) is 16.1. The average molecular weight is 391 g/mol. The Morgan fingerprint density at radius 3 is 2.14 bits per heavy atom. The lowest BCUT2D eigenvalue weighted by atomic mass is 10.2. The summed E-state index contributed by atoms with van der Waals surface area (Å²) in [5.41, 5.74) is 2.93. The van der Waals surface area contributed by atoms with Crippen LogP contribution in [-0.4, -0.2) is 30.6 Å². The fraction of sp³-hybridized carbons (Fsp3) is 0.136. The quantitative estimate of drug-likeness (QED) is 0.585. The molecule has 1 aromatic heterocycles. The smallest absolute Gasteiger partial charge is 0.337 e. The summed E-state index contributed by atoms with van der Waals surface area (Å²) < 4.78 is 10.1. The van der Waals surface area contributed by atoms with Gasteiger partial charge in [-0.1, -0.05) is 0 Å². The molecule has 7 heteroatoms. The second-order valence-corrected chi connectivity index (χ2v) is 6.04. The van der Waals surface area contributed by atoms with Crippen LogP contribution in [0.3, 0.4) is 0 Å². The molecule has 148 valence electrons. The first-order valence-corrected chi connectivity index (χ1v) is 9.04. The van der Waals surface area contributed by atoms with Crippen molar-refractivity contribution in [2.24, 2.45) is 0 Å². The molecular formula is C22H21N3O4. The number of nitrogens with one attached hydrogen (secondary N) is 2. The molecule has 1 heterocycles. The summed E-state index contributed by atoms with van der Waals surface area (Å²) >= 11 is 0. The molecule has 0 saturated carbocycles. The Morgan fingerprint density at radius 1 is 0.897 bits per heavy atom. The highest BCUT2D eigenvalue weighted by Gasteiger charge is 2.09. The van der Waals surface area contributed by atoms with E-state index in [2.05, 4.69) is 20.4 Å². The van der Waals surface area contributed by atoms with Gasteiger partial charge in [-0.15, -0.1) is 0 Å². The van der Waals surface area contributed by atoms with E-state index in [0.717, 1.165) is 11.4 Å². The third-order valence-electron chi connectivity index (χ3n) is 4.01. The SMILES string of the molecule is CCOc1ccc(NC(=O)c2ccc(Nc3ccc(C(=O)OC)cc3)cn2)cc1. The van der Waals surface area contributed by atoms with E-state index in [0.29, 0.717) is 29.2 Å². The van der Waals surface area contributed by atoms with Gasteiger partial charge in [0.25, 0.3) is 5.91 Å². The fourth-order valence-corrected chi connectivity index (χ4v) is 2.57. The van der Waals surface area contributed by atoms with E-state index in [4.69, 9.17) is 4.74 Å². The molecule has 0 fully saturated rings. The number of benzene rings is 2. The Bertz CT molecular complexity index is 968. The van der Waals surface area contributed by atoms with Crippen molar-refractivity contribution in [1.29, 1.82) is 0 Å². The van der Waals surface area contributed by atoms with Crippen LogP contribution in [0.5, 0.6) is 5.75 Å². The standard InChI is InChI=1S/C22H21N3O4/c1-3-29-19-11-8-17(9-12-19)25-21(26)20-13-10-18(14-23-20)24-16-6-4-15(5-7-16)22(27)28-2/h4-14,24H,3H2,1-2H3,(H,25,26). The molecule has 2 N–H and O–H groups in total. The molecule has 7 nitrogen and oxygen atoms in total. The number of carbonyl (C=O) groups excluding carboxylic acids is 2. The zero-order chi connectivity index (χ0) is 20.6. The molecule has 0 saturated heterocycles. The first-order valence-electron chi connectivity index (χ1n) is 9.04. The largest absolute Gasteiger partial charge is 0.494 e. The first kappa shape index (κ1) is 19.9. The molecule has 3 aromatic rings. The highest BCUT2D eigenvalue weighted by Crippen LogP contribution is 2.19. The van der Waals surface area contributed by atoms with Crippen molar-refractivity contribution in [3.05, 3.63) is 78.1 Å². The molecule has 1 amide bonds. The van der Waals surface area contributed by atoms with Gasteiger partial charge >= 0.3 is 5.97 Å². The Labute approximate surface area is 168 Å². The average Bonchev–Trinajstić information content (AvgIpc) is 2.76. The Balaban J connectivity index is 1.60. The molecule has 0 atom stereocenters. The molecule has 0 bridgehead atoms. The van der Waals surface area contributed by atoms with Gasteiger partial charge in [0.2, 0.25) is 0 Å². The number of rotatable bonds is 7. The molecule has 0 radical (unpaired) electrons. The van der Waals surface area contributed by atoms with Crippen LogP contribution in [0.1, 0.15) is 27.8 Å². The summed E-state index contributed by atoms with van der Waals surface area (Å²) in [6.07, 6.45) is 1.57. The second-order valence-electron chi connectivity index (χ2n) is 6.04. The Hall–Kier alpha value is -3.87. The number of anilines is 3. The number of pyridine rings is 1. The lowest BCUT2D eigenvalue weighted by Crippen LogP contribution is -2.13. The van der Waals surface area contributed by atoms with Crippen LogP contribution in [0.2, 0.25) is 0 Å². The summed E-state index contributed by atoms with van der Waals surface area (Å²) in [7, 11) is 1.34. The second kappa shape index (κ2) is 9.36. The van der Waals surface area contributed by atoms with Crippen molar-refractivity contribution in [2.75, 3.05) is 24.4 Å². The monoisotopic (exact) mass is 391 g/mol. The minimum absolute atomic E-state index is 0.297. The van der Waals surface area contributed by atoms with Gasteiger partial charge in [0.1, 0.15) is 11.4 Å². The van der Waals surface area contributed by atoms with E-state index in [9.17, 15) is 9.59 Å². The van der Waals surface area contributed by atoms with E-state index in [1.54, 1.807) is 66.9 Å². The molecule has 0 spiro atoms. The van der Waals surface area contributed by atoms with Gasteiger partial charge in [-0.2, -0.15) is 0 Å². The molecule has 0 aliphatic carbocycles. The number of hydrogen-bond donors (Lipinski definition) is 2. The van der Waals surface area contributed by atoms with Crippen molar-refractivity contribution in [3.8, 4) is 5.75 Å². The van der Waals surface area contributed by atoms with E-state index in [1.165, 1.54) is 7.11 Å². The molecule has 0 unspecified atom stereocenters. The van der Waals surface area contributed by atoms with Gasteiger partial charge in [-0.3, -0.25) is 4.79 Å². The van der Waals surface area contributed by atoms with Gasteiger partial charge in [-0.25, -0.2) is 9.78 Å². The van der Waals surface area contributed by atoms with E-state index >= 15 is 0 Å². The maximum Gasteiger partial charge on any atom is 0.337 e. The number of amides is 1. The fourth-order valence-electron chi connectivity index (χ4n) is 2.57. The summed E-state index contributed by atoms with van der Waals surface area (Å²) in [6, 6.07) is 17.4. The number of nitrogens with zero attached hydrogens (tertiary/aromatic N) is 1. The van der Waals surface area contributed by atoms with Gasteiger partial charge in [0.15, 0.2) is 0 Å². The molecule has 0 aliphatic rings. The predicted molar refractivity (Wildman–Crippen MR) is 111 cm³/mol. The Kier molecular flexibility index (Phi) is 6.42. The van der Waals surface area contributed by atoms with Gasteiger partial charge < -0.3 is 20.1 Å². The lowest BCUT2D eigenvalue weighted by molar-refractivity contribution is 0.0600. The lowest BCUT2D eigenvalue weighted by Gasteiger charge is -2.09. The third-order valence-corrected chi connectivity index (χ3v) is 4.01. The number of ether oxygens (including phenoxy) is 2. The van der Waals surface area contributed by atoms with Crippen molar-refractivity contribution in [1.82, 2.24) is 4.98 Å².